The number of aromatic amines is 1. The first-order valence-corrected chi connectivity index (χ1v) is 8.95. The molecular weight excluding hydrogens is 457 g/mol. The number of benzene rings is 2. The van der Waals surface area contributed by atoms with Gasteiger partial charge in [-0.2, -0.15) is 10.4 Å². The van der Waals surface area contributed by atoms with Gasteiger partial charge in [0, 0.05) is 14.7 Å². The number of anilines is 1. The van der Waals surface area contributed by atoms with Crippen molar-refractivity contribution in [3.8, 4) is 23.1 Å². The van der Waals surface area contributed by atoms with Gasteiger partial charge in [0.1, 0.15) is 17.4 Å². The Labute approximate surface area is 168 Å². The molecule has 3 aromatic rings. The molecule has 0 saturated heterocycles. The molecule has 3 N–H and O–H groups in total. The van der Waals surface area contributed by atoms with Crippen LogP contribution in [0.3, 0.4) is 0 Å². The van der Waals surface area contributed by atoms with Crippen molar-refractivity contribution in [1.82, 2.24) is 9.97 Å². The average molecular weight is 471 g/mol. The Morgan fingerprint density at radius 3 is 2.78 bits per heavy atom. The van der Waals surface area contributed by atoms with Crippen LogP contribution in [-0.2, 0) is 0 Å². The number of halogens is 1. The minimum Gasteiger partial charge on any atom is -0.507 e. The van der Waals surface area contributed by atoms with Crippen molar-refractivity contribution >= 4 is 34.8 Å². The molecule has 0 bridgehead atoms. The van der Waals surface area contributed by atoms with E-state index in [1.54, 1.807) is 37.3 Å². The van der Waals surface area contributed by atoms with Crippen LogP contribution in [0.1, 0.15) is 16.7 Å². The first kappa shape index (κ1) is 18.6. The number of aromatic hydroxyl groups is 1. The van der Waals surface area contributed by atoms with Crippen LogP contribution in [-0.4, -0.2) is 21.3 Å². The van der Waals surface area contributed by atoms with Gasteiger partial charge < -0.3 is 5.11 Å². The number of hydrazone groups is 1. The van der Waals surface area contributed by atoms with Crippen LogP contribution in [0.5, 0.6) is 5.75 Å². The first-order valence-electron chi connectivity index (χ1n) is 7.87. The molecule has 2 aromatic carbocycles. The smallest absolute Gasteiger partial charge is 0.270 e. The standard InChI is InChI=1S/C19H14IN5O2/c1-11-7-14(20)8-13(17(11)26)10-22-25-19-23-16(12-5-3-2-4-6-12)15(9-21)18(27)24-19/h2-8,10,26H,1H3,(H2,23,24,25,27). The minimum atomic E-state index is -0.558. The molecule has 0 unspecified atom stereocenters. The molecule has 8 heteroatoms. The zero-order valence-electron chi connectivity index (χ0n) is 14.2. The molecule has 7 nitrogen and oxygen atoms in total. The normalized spacial score (nSPS) is 10.7. The van der Waals surface area contributed by atoms with Crippen molar-refractivity contribution < 1.29 is 5.11 Å². The third-order valence-electron chi connectivity index (χ3n) is 3.75. The third kappa shape index (κ3) is 4.15. The van der Waals surface area contributed by atoms with E-state index in [1.807, 2.05) is 18.2 Å². The second-order valence-electron chi connectivity index (χ2n) is 5.65. The topological polar surface area (TPSA) is 114 Å². The molecule has 0 aliphatic rings. The lowest BCUT2D eigenvalue weighted by atomic mass is 10.1. The zero-order valence-corrected chi connectivity index (χ0v) is 16.4. The van der Waals surface area contributed by atoms with E-state index in [0.717, 1.165) is 9.13 Å². The van der Waals surface area contributed by atoms with E-state index in [0.29, 0.717) is 11.1 Å². The number of rotatable bonds is 4. The number of hydrogen-bond acceptors (Lipinski definition) is 6. The maximum Gasteiger partial charge on any atom is 0.270 e. The Balaban J connectivity index is 1.94. The fourth-order valence-electron chi connectivity index (χ4n) is 2.46. The van der Waals surface area contributed by atoms with E-state index in [4.69, 9.17) is 0 Å². The van der Waals surface area contributed by atoms with Gasteiger partial charge in [0.25, 0.3) is 5.56 Å². The summed E-state index contributed by atoms with van der Waals surface area (Å²) >= 11 is 2.15. The lowest BCUT2D eigenvalue weighted by Gasteiger charge is -2.06. The van der Waals surface area contributed by atoms with Gasteiger partial charge in [0.2, 0.25) is 5.95 Å². The summed E-state index contributed by atoms with van der Waals surface area (Å²) in [7, 11) is 0. The van der Waals surface area contributed by atoms with Gasteiger partial charge in [-0.3, -0.25) is 9.78 Å². The van der Waals surface area contributed by atoms with Crippen molar-refractivity contribution in [2.75, 3.05) is 5.43 Å². The Morgan fingerprint density at radius 2 is 2.07 bits per heavy atom. The second kappa shape index (κ2) is 8.01. The number of nitrogens with zero attached hydrogens (tertiary/aromatic N) is 3. The molecule has 0 aliphatic carbocycles. The van der Waals surface area contributed by atoms with Crippen LogP contribution in [0, 0.1) is 21.8 Å². The molecule has 1 aromatic heterocycles. The van der Waals surface area contributed by atoms with E-state index in [9.17, 15) is 15.2 Å². The van der Waals surface area contributed by atoms with Crippen molar-refractivity contribution in [3.05, 3.63) is 73.1 Å². The Kier molecular flexibility index (Phi) is 5.52. The Morgan fingerprint density at radius 1 is 1.33 bits per heavy atom. The van der Waals surface area contributed by atoms with Gasteiger partial charge in [-0.15, -0.1) is 0 Å². The summed E-state index contributed by atoms with van der Waals surface area (Å²) in [5, 5.41) is 23.4. The Hall–Kier alpha value is -3.19. The van der Waals surface area contributed by atoms with Crippen LogP contribution in [0.15, 0.2) is 52.4 Å². The number of phenols is 1. The molecule has 0 fully saturated rings. The summed E-state index contributed by atoms with van der Waals surface area (Å²) < 4.78 is 0.959. The maximum absolute atomic E-state index is 12.2. The van der Waals surface area contributed by atoms with Crippen molar-refractivity contribution in [2.45, 2.75) is 6.92 Å². The molecule has 0 aliphatic heterocycles. The lowest BCUT2D eigenvalue weighted by Crippen LogP contribution is -2.16. The number of H-pyrrole nitrogens is 1. The number of aryl methyl sites for hydroxylation is 1. The maximum atomic E-state index is 12.2. The highest BCUT2D eigenvalue weighted by Crippen LogP contribution is 2.23. The van der Waals surface area contributed by atoms with Crippen LogP contribution >= 0.6 is 22.6 Å². The van der Waals surface area contributed by atoms with Gasteiger partial charge >= 0.3 is 0 Å². The van der Waals surface area contributed by atoms with Crippen LogP contribution in [0.25, 0.3) is 11.3 Å². The fraction of sp³-hybridized carbons (Fsp3) is 0.0526. The predicted molar refractivity (Wildman–Crippen MR) is 112 cm³/mol. The van der Waals surface area contributed by atoms with Gasteiger partial charge in [-0.1, -0.05) is 30.3 Å². The van der Waals surface area contributed by atoms with Gasteiger partial charge in [-0.25, -0.2) is 10.4 Å². The zero-order chi connectivity index (χ0) is 19.4. The molecule has 134 valence electrons. The van der Waals surface area contributed by atoms with Crippen molar-refractivity contribution in [2.24, 2.45) is 5.10 Å². The molecule has 0 atom stereocenters. The predicted octanol–water partition coefficient (Wildman–Crippen LogP) is 3.37. The summed E-state index contributed by atoms with van der Waals surface area (Å²) in [6, 6.07) is 14.5. The fourth-order valence-corrected chi connectivity index (χ4v) is 3.26. The number of hydrogen-bond donors (Lipinski definition) is 3. The number of nitrogens with one attached hydrogen (secondary N) is 2. The molecule has 3 rings (SSSR count). The molecule has 0 amide bonds. The SMILES string of the molecule is Cc1cc(I)cc(C=NNc2nc(-c3ccccc3)c(C#N)c(=O)[nH]2)c1O. The summed E-state index contributed by atoms with van der Waals surface area (Å²) in [5.41, 5.74) is 4.21. The monoisotopic (exact) mass is 471 g/mol. The summed E-state index contributed by atoms with van der Waals surface area (Å²) in [6.45, 7) is 1.80. The van der Waals surface area contributed by atoms with E-state index in [1.165, 1.54) is 6.21 Å². The number of aromatic nitrogens is 2. The highest BCUT2D eigenvalue weighted by atomic mass is 127. The van der Waals surface area contributed by atoms with Crippen LogP contribution < -0.4 is 11.0 Å². The third-order valence-corrected chi connectivity index (χ3v) is 4.37. The van der Waals surface area contributed by atoms with Crippen molar-refractivity contribution in [1.29, 1.82) is 5.26 Å². The lowest BCUT2D eigenvalue weighted by molar-refractivity contribution is 0.470. The molecular formula is C19H14IN5O2. The van der Waals surface area contributed by atoms with Gasteiger partial charge in [0.05, 0.1) is 11.9 Å². The average Bonchev–Trinajstić information content (AvgIpc) is 2.66. The molecule has 0 saturated carbocycles. The summed E-state index contributed by atoms with van der Waals surface area (Å²) in [5.74, 6) is 0.225. The van der Waals surface area contributed by atoms with Crippen LogP contribution in [0.4, 0.5) is 5.95 Å². The number of phenolic OH excluding ortho intramolecular Hbond substituents is 1. The molecule has 1 heterocycles. The number of nitriles is 1. The van der Waals surface area contributed by atoms with Gasteiger partial charge in [0.15, 0.2) is 0 Å². The highest BCUT2D eigenvalue weighted by Gasteiger charge is 2.13. The van der Waals surface area contributed by atoms with E-state index in [-0.39, 0.29) is 23.0 Å². The molecule has 0 spiro atoms. The minimum absolute atomic E-state index is 0.0680. The van der Waals surface area contributed by atoms with Crippen LogP contribution in [0.2, 0.25) is 0 Å². The highest BCUT2D eigenvalue weighted by molar-refractivity contribution is 14.1. The largest absolute Gasteiger partial charge is 0.507 e. The summed E-state index contributed by atoms with van der Waals surface area (Å²) in [4.78, 5) is 19.0. The first-order chi connectivity index (χ1) is 13.0. The van der Waals surface area contributed by atoms with E-state index < -0.39 is 5.56 Å². The van der Waals surface area contributed by atoms with Gasteiger partial charge in [-0.05, 0) is 47.2 Å². The summed E-state index contributed by atoms with van der Waals surface area (Å²) in [6.07, 6.45) is 1.44. The quantitative estimate of drug-likeness (QED) is 0.307. The van der Waals surface area contributed by atoms with E-state index >= 15 is 0 Å². The van der Waals surface area contributed by atoms with Crippen molar-refractivity contribution in [3.63, 3.8) is 0 Å². The molecule has 0 radical (unpaired) electrons. The molecule has 27 heavy (non-hydrogen) atoms. The Bertz CT molecular complexity index is 1120. The second-order valence-corrected chi connectivity index (χ2v) is 6.89. The van der Waals surface area contributed by atoms with E-state index in [2.05, 4.69) is 43.1 Å².